The van der Waals surface area contributed by atoms with E-state index in [2.05, 4.69) is 15.6 Å². The number of hydrogen-bond acceptors (Lipinski definition) is 3. The Bertz CT molecular complexity index is 539. The van der Waals surface area contributed by atoms with Crippen LogP contribution < -0.4 is 10.6 Å². The number of hydrogen-bond donors (Lipinski definition) is 2. The smallest absolute Gasteiger partial charge is 0.191 e. The topological polar surface area (TPSA) is 70.6 Å². The van der Waals surface area contributed by atoms with Gasteiger partial charge in [-0.1, -0.05) is 11.6 Å². The second-order valence-corrected chi connectivity index (χ2v) is 6.61. The highest BCUT2D eigenvalue weighted by molar-refractivity contribution is 14.0. The van der Waals surface area contributed by atoms with E-state index < -0.39 is 9.84 Å². The maximum atomic E-state index is 12.1. The van der Waals surface area contributed by atoms with Gasteiger partial charge in [-0.25, -0.2) is 8.42 Å². The molecule has 0 saturated heterocycles. The number of halogens is 2. The molecule has 0 heterocycles. The monoisotopic (exact) mass is 445 g/mol. The summed E-state index contributed by atoms with van der Waals surface area (Å²) in [6.45, 7) is 5.58. The lowest BCUT2D eigenvalue weighted by Crippen LogP contribution is -2.37. The Labute approximate surface area is 148 Å². The molecule has 0 aliphatic rings. The van der Waals surface area contributed by atoms with Crippen molar-refractivity contribution in [1.82, 2.24) is 10.6 Å². The number of nitrogens with one attached hydrogen (secondary N) is 2. The molecular formula is C13H21ClIN3O2S. The minimum Gasteiger partial charge on any atom is -0.357 e. The van der Waals surface area contributed by atoms with Crippen LogP contribution in [-0.2, 0) is 9.84 Å². The Balaban J connectivity index is 0.00000400. The van der Waals surface area contributed by atoms with Crippen LogP contribution in [0.25, 0.3) is 0 Å². The standard InChI is InChI=1S/C13H20ClN3O2S.HI/c1-3-15-13(16-4-2)17-9-10-20(18,19)12-7-5-11(14)6-8-12;/h5-8H,3-4,9-10H2,1-2H3,(H2,15,16,17);1H. The Hall–Kier alpha value is -0.540. The molecule has 0 bridgehead atoms. The third kappa shape index (κ3) is 7.32. The molecular weight excluding hydrogens is 425 g/mol. The van der Waals surface area contributed by atoms with Crippen LogP contribution in [0.3, 0.4) is 0 Å². The third-order valence-electron chi connectivity index (χ3n) is 2.49. The van der Waals surface area contributed by atoms with Crippen LogP contribution in [0.2, 0.25) is 5.02 Å². The van der Waals surface area contributed by atoms with E-state index >= 15 is 0 Å². The molecule has 0 aliphatic heterocycles. The summed E-state index contributed by atoms with van der Waals surface area (Å²) in [4.78, 5) is 4.49. The first kappa shape index (κ1) is 20.5. The van der Waals surface area contributed by atoms with Gasteiger partial charge in [-0.15, -0.1) is 24.0 Å². The van der Waals surface area contributed by atoms with Crippen molar-refractivity contribution >= 4 is 51.4 Å². The maximum Gasteiger partial charge on any atom is 0.191 e. The zero-order valence-electron chi connectivity index (χ0n) is 12.1. The minimum atomic E-state index is -3.32. The molecule has 0 amide bonds. The highest BCUT2D eigenvalue weighted by atomic mass is 127. The van der Waals surface area contributed by atoms with Gasteiger partial charge in [0.15, 0.2) is 15.8 Å². The van der Waals surface area contributed by atoms with Crippen LogP contribution in [0, 0.1) is 0 Å². The van der Waals surface area contributed by atoms with E-state index in [-0.39, 0.29) is 41.2 Å². The van der Waals surface area contributed by atoms with Crippen LogP contribution >= 0.6 is 35.6 Å². The average molecular weight is 446 g/mol. The van der Waals surface area contributed by atoms with Crippen LogP contribution in [-0.4, -0.2) is 39.8 Å². The fraction of sp³-hybridized carbons (Fsp3) is 0.462. The lowest BCUT2D eigenvalue weighted by Gasteiger charge is -2.09. The van der Waals surface area contributed by atoms with Gasteiger partial charge >= 0.3 is 0 Å². The molecule has 1 aromatic carbocycles. The lowest BCUT2D eigenvalue weighted by atomic mass is 10.4. The van der Waals surface area contributed by atoms with Gasteiger partial charge in [-0.3, -0.25) is 4.99 Å². The van der Waals surface area contributed by atoms with Gasteiger partial charge in [-0.2, -0.15) is 0 Å². The van der Waals surface area contributed by atoms with Gasteiger partial charge in [-0.05, 0) is 38.1 Å². The van der Waals surface area contributed by atoms with Crippen LogP contribution in [0.15, 0.2) is 34.2 Å². The normalized spacial score (nSPS) is 10.4. The first-order chi connectivity index (χ1) is 9.49. The number of rotatable bonds is 6. The summed E-state index contributed by atoms with van der Waals surface area (Å²) in [7, 11) is -3.32. The first-order valence-electron chi connectivity index (χ1n) is 6.50. The molecule has 0 aromatic heterocycles. The molecule has 21 heavy (non-hydrogen) atoms. The maximum absolute atomic E-state index is 12.1. The van der Waals surface area contributed by atoms with Crippen molar-refractivity contribution in [1.29, 1.82) is 0 Å². The van der Waals surface area contributed by atoms with Gasteiger partial charge in [0.25, 0.3) is 0 Å². The quantitative estimate of drug-likeness (QED) is 0.400. The van der Waals surface area contributed by atoms with Crippen molar-refractivity contribution in [2.45, 2.75) is 18.7 Å². The number of nitrogens with zero attached hydrogens (tertiary/aromatic N) is 1. The number of sulfone groups is 1. The molecule has 8 heteroatoms. The first-order valence-corrected chi connectivity index (χ1v) is 8.53. The van der Waals surface area contributed by atoms with E-state index in [9.17, 15) is 8.42 Å². The van der Waals surface area contributed by atoms with Crippen molar-refractivity contribution < 1.29 is 8.42 Å². The largest absolute Gasteiger partial charge is 0.357 e. The van der Waals surface area contributed by atoms with Crippen LogP contribution in [0.4, 0.5) is 0 Å². The van der Waals surface area contributed by atoms with Crippen molar-refractivity contribution in [2.24, 2.45) is 4.99 Å². The van der Waals surface area contributed by atoms with E-state index in [1.54, 1.807) is 12.1 Å². The third-order valence-corrected chi connectivity index (χ3v) is 4.45. The molecule has 0 saturated carbocycles. The summed E-state index contributed by atoms with van der Waals surface area (Å²) < 4.78 is 24.2. The summed E-state index contributed by atoms with van der Waals surface area (Å²) in [6, 6.07) is 6.16. The molecule has 1 rings (SSSR count). The number of aliphatic imine (C=N–C) groups is 1. The summed E-state index contributed by atoms with van der Waals surface area (Å²) in [5.74, 6) is 0.593. The molecule has 5 nitrogen and oxygen atoms in total. The van der Waals surface area contributed by atoms with Crippen LogP contribution in [0.1, 0.15) is 13.8 Å². The molecule has 2 N–H and O–H groups in total. The highest BCUT2D eigenvalue weighted by Gasteiger charge is 2.13. The highest BCUT2D eigenvalue weighted by Crippen LogP contribution is 2.15. The van der Waals surface area contributed by atoms with Crippen LogP contribution in [0.5, 0.6) is 0 Å². The fourth-order valence-electron chi connectivity index (χ4n) is 1.55. The summed E-state index contributed by atoms with van der Waals surface area (Å²) in [6.07, 6.45) is 0. The summed E-state index contributed by atoms with van der Waals surface area (Å²) in [5, 5.41) is 6.60. The van der Waals surface area contributed by atoms with E-state index in [1.165, 1.54) is 12.1 Å². The Kier molecular flexibility index (Phi) is 9.97. The molecule has 1 aromatic rings. The van der Waals surface area contributed by atoms with E-state index in [0.717, 1.165) is 13.1 Å². The van der Waals surface area contributed by atoms with E-state index in [4.69, 9.17) is 11.6 Å². The fourth-order valence-corrected chi connectivity index (χ4v) is 2.79. The van der Waals surface area contributed by atoms with Crippen molar-refractivity contribution in [3.63, 3.8) is 0 Å². The van der Waals surface area contributed by atoms with Gasteiger partial charge in [0, 0.05) is 18.1 Å². The molecule has 0 aliphatic carbocycles. The van der Waals surface area contributed by atoms with E-state index in [0.29, 0.717) is 11.0 Å². The van der Waals surface area contributed by atoms with Crippen molar-refractivity contribution in [3.05, 3.63) is 29.3 Å². The van der Waals surface area contributed by atoms with Gasteiger partial charge < -0.3 is 10.6 Å². The van der Waals surface area contributed by atoms with Crippen molar-refractivity contribution in [3.8, 4) is 0 Å². The molecule has 0 unspecified atom stereocenters. The van der Waals surface area contributed by atoms with Gasteiger partial charge in [0.1, 0.15) is 0 Å². The molecule has 0 spiro atoms. The SMILES string of the molecule is CCNC(=NCCS(=O)(=O)c1ccc(Cl)cc1)NCC.I. The number of guanidine groups is 1. The summed E-state index contributed by atoms with van der Waals surface area (Å²) in [5.41, 5.74) is 0. The molecule has 0 fully saturated rings. The lowest BCUT2D eigenvalue weighted by molar-refractivity contribution is 0.596. The Morgan fingerprint density at radius 2 is 1.67 bits per heavy atom. The minimum absolute atomic E-state index is 0. The predicted octanol–water partition coefficient (Wildman–Crippen LogP) is 2.31. The van der Waals surface area contributed by atoms with E-state index in [1.807, 2.05) is 13.8 Å². The van der Waals surface area contributed by atoms with Gasteiger partial charge in [0.2, 0.25) is 0 Å². The zero-order chi connectivity index (χ0) is 15.0. The molecule has 0 atom stereocenters. The van der Waals surface area contributed by atoms with Crippen molar-refractivity contribution in [2.75, 3.05) is 25.4 Å². The van der Waals surface area contributed by atoms with Gasteiger partial charge in [0.05, 0.1) is 17.2 Å². The Morgan fingerprint density at radius 1 is 1.14 bits per heavy atom. The second kappa shape index (κ2) is 10.2. The zero-order valence-corrected chi connectivity index (χ0v) is 16.0. The summed E-state index contributed by atoms with van der Waals surface area (Å²) >= 11 is 5.74. The molecule has 120 valence electrons. The predicted molar refractivity (Wildman–Crippen MR) is 98.6 cm³/mol. The molecule has 0 radical (unpaired) electrons. The Morgan fingerprint density at radius 3 is 2.14 bits per heavy atom. The average Bonchev–Trinajstić information content (AvgIpc) is 2.39. The second-order valence-electron chi connectivity index (χ2n) is 4.06. The number of benzene rings is 1.